The van der Waals surface area contributed by atoms with E-state index in [2.05, 4.69) is 25.8 Å². The van der Waals surface area contributed by atoms with E-state index in [0.29, 0.717) is 43.8 Å². The minimum atomic E-state index is -1.95. The molecule has 5 heterocycles. The molecule has 0 amide bonds. The smallest absolute Gasteiger partial charge is 0.309 e. The number of nitrogens with zero attached hydrogens (tertiary/aromatic N) is 8. The van der Waals surface area contributed by atoms with Gasteiger partial charge in [-0.1, -0.05) is 69.3 Å². The third-order valence-electron chi connectivity index (χ3n) is 16.9. The molecule has 444 valence electrons. The summed E-state index contributed by atoms with van der Waals surface area (Å²) in [4.78, 5) is 37.4. The fraction of sp³-hybridized carbons (Fsp3) is 0.768. The molecule has 1 aromatic carbocycles. The second-order valence-electron chi connectivity index (χ2n) is 22.6. The number of benzene rings is 1. The van der Waals surface area contributed by atoms with E-state index in [9.17, 15) is 24.5 Å². The molecule has 1 unspecified atom stereocenters. The Morgan fingerprint density at radius 2 is 1.70 bits per heavy atom. The van der Waals surface area contributed by atoms with Gasteiger partial charge in [0.05, 0.1) is 96.9 Å². The van der Waals surface area contributed by atoms with Gasteiger partial charge in [0.25, 0.3) is 0 Å². The third-order valence-corrected chi connectivity index (χ3v) is 16.9. The summed E-state index contributed by atoms with van der Waals surface area (Å²) in [6.07, 6.45) is -1.67. The molecule has 0 aliphatic carbocycles. The molecule has 3 aliphatic rings. The van der Waals surface area contributed by atoms with Crippen LogP contribution < -0.4 is 0 Å². The highest BCUT2D eigenvalue weighted by atomic mass is 19.1. The van der Waals surface area contributed by atoms with Crippen molar-refractivity contribution in [2.24, 2.45) is 40.7 Å². The number of methoxy groups -OCH3 is 3. The topological polar surface area (TPSA) is 255 Å². The predicted molar refractivity (Wildman–Crippen MR) is 287 cm³/mol. The second kappa shape index (κ2) is 28.5. The maximum Gasteiger partial charge on any atom is 0.309 e. The summed E-state index contributed by atoms with van der Waals surface area (Å²) in [5.41, 5.74) is -0.764. The van der Waals surface area contributed by atoms with Crippen LogP contribution in [0.1, 0.15) is 118 Å². The van der Waals surface area contributed by atoms with Gasteiger partial charge in [-0.2, -0.15) is 0 Å². The average Bonchev–Trinajstić information content (AvgIpc) is 4.15. The first-order chi connectivity index (χ1) is 37.5. The lowest BCUT2D eigenvalue weighted by Crippen LogP contribution is -2.60. The number of hydrogen-bond donors (Lipinski definition) is 3. The van der Waals surface area contributed by atoms with Crippen molar-refractivity contribution in [1.29, 1.82) is 0 Å². The first kappa shape index (κ1) is 63.8. The van der Waals surface area contributed by atoms with Crippen molar-refractivity contribution >= 4 is 17.5 Å². The van der Waals surface area contributed by atoms with Crippen molar-refractivity contribution in [3.63, 3.8) is 0 Å². The molecule has 3 saturated heterocycles. The molecule has 79 heavy (non-hydrogen) atoms. The van der Waals surface area contributed by atoms with Crippen LogP contribution in [0.2, 0.25) is 0 Å². The molecule has 19 atom stereocenters. The van der Waals surface area contributed by atoms with Crippen LogP contribution in [0, 0.1) is 35.5 Å². The van der Waals surface area contributed by atoms with Crippen LogP contribution in [0.3, 0.4) is 0 Å². The van der Waals surface area contributed by atoms with Gasteiger partial charge in [0, 0.05) is 58.2 Å². The number of likely N-dealkylation sites (N-methyl/N-ethyl adjacent to an activating group) is 1. The zero-order valence-electron chi connectivity index (χ0n) is 48.7. The quantitative estimate of drug-likeness (QED) is 0.0532. The molecule has 2 aromatic heterocycles. The van der Waals surface area contributed by atoms with Crippen LogP contribution in [0.15, 0.2) is 48.0 Å². The molecule has 3 N–H and O–H groups in total. The van der Waals surface area contributed by atoms with E-state index < -0.39 is 121 Å². The van der Waals surface area contributed by atoms with Crippen molar-refractivity contribution in [2.75, 3.05) is 61.6 Å². The van der Waals surface area contributed by atoms with Crippen molar-refractivity contribution in [3.8, 4) is 5.69 Å². The minimum absolute atomic E-state index is 0.168. The molecule has 23 heteroatoms. The second-order valence-corrected chi connectivity index (χ2v) is 22.6. The Kier molecular flexibility index (Phi) is 23.0. The fourth-order valence-corrected chi connectivity index (χ4v) is 12.2. The number of halogens is 1. The van der Waals surface area contributed by atoms with Crippen LogP contribution >= 0.6 is 0 Å². The summed E-state index contributed by atoms with van der Waals surface area (Å²) in [5, 5.41) is 56.6. The number of ether oxygens (including phenoxy) is 8. The van der Waals surface area contributed by atoms with Crippen molar-refractivity contribution in [3.05, 3.63) is 54.1 Å². The summed E-state index contributed by atoms with van der Waals surface area (Å²) in [5.74, 6) is -4.80. The highest BCUT2D eigenvalue weighted by Gasteiger charge is 2.54. The van der Waals surface area contributed by atoms with Crippen molar-refractivity contribution in [1.82, 2.24) is 34.9 Å². The Hall–Kier alpha value is -4.40. The number of alkyl halides is 1. The number of carbonyl (C=O) groups is 2. The monoisotopic (exact) mass is 1120 g/mol. The highest BCUT2D eigenvalue weighted by molar-refractivity contribution is 5.89. The maximum atomic E-state index is 15.0. The van der Waals surface area contributed by atoms with Gasteiger partial charge in [-0.15, -0.1) is 10.2 Å². The number of aliphatic hydroxyl groups is 3. The number of aliphatic hydroxyl groups excluding tert-OH is 2. The lowest BCUT2D eigenvalue weighted by atomic mass is 9.68. The molecule has 0 saturated carbocycles. The number of cyclic esters (lactones) is 1. The number of ketones is 1. The SMILES string of the molecule is CC[C@H]1OC(=O)[C@H](C)[C@@H](C2C[C@H](C)[C@@H](O)[C@H](C)O2)[C@H](C)[C@@H](O[C@@H]2O[C@H](C)C[C@H](N(C)CCc3cn([C@H](CF)[C@H](OC)c4ccc(-n5ccnn5)cc4)nn3)C2=O)[C@](C)(OC)C[C@@H](C)/C(=N\OCOCCOC)[C@H](C)[C@@H](O)[C@]1(C)O. The molecule has 6 rings (SSSR count). The van der Waals surface area contributed by atoms with E-state index in [-0.39, 0.29) is 37.9 Å². The van der Waals surface area contributed by atoms with E-state index in [1.807, 2.05) is 70.8 Å². The Labute approximate surface area is 464 Å². The van der Waals surface area contributed by atoms with E-state index in [1.54, 1.807) is 65.2 Å². The molecule has 0 radical (unpaired) electrons. The molecule has 3 fully saturated rings. The third kappa shape index (κ3) is 15.0. The molecule has 3 aromatic rings. The fourth-order valence-electron chi connectivity index (χ4n) is 12.2. The normalized spacial score (nSPS) is 35.7. The predicted octanol–water partition coefficient (Wildman–Crippen LogP) is 5.26. The highest BCUT2D eigenvalue weighted by Crippen LogP contribution is 2.45. The lowest BCUT2D eigenvalue weighted by Gasteiger charge is -2.50. The molecular weight excluding hydrogens is 1030 g/mol. The first-order valence-electron chi connectivity index (χ1n) is 27.8. The summed E-state index contributed by atoms with van der Waals surface area (Å²) < 4.78 is 67.5. The van der Waals surface area contributed by atoms with Crippen molar-refractivity contribution in [2.45, 2.75) is 180 Å². The van der Waals surface area contributed by atoms with Crippen LogP contribution in [0.4, 0.5) is 4.39 Å². The average molecular weight is 1120 g/mol. The van der Waals surface area contributed by atoms with Gasteiger partial charge in [0.1, 0.15) is 30.5 Å². The van der Waals surface area contributed by atoms with Crippen LogP contribution in [-0.4, -0.2) is 196 Å². The number of carbonyl (C=O) groups excluding carboxylic acids is 2. The Morgan fingerprint density at radius 3 is 2.32 bits per heavy atom. The van der Waals surface area contributed by atoms with Crippen molar-refractivity contribution < 1.29 is 72.0 Å². The number of aromatic nitrogens is 6. The Balaban J connectivity index is 1.31. The molecule has 3 aliphatic heterocycles. The zero-order chi connectivity index (χ0) is 57.9. The summed E-state index contributed by atoms with van der Waals surface area (Å²) in [6.45, 7) is 18.0. The van der Waals surface area contributed by atoms with E-state index in [0.717, 1.165) is 11.3 Å². The molecular formula is C56H89FN8O14. The Morgan fingerprint density at radius 1 is 0.975 bits per heavy atom. The van der Waals surface area contributed by atoms with Crippen LogP contribution in [-0.2, 0) is 58.7 Å². The molecule has 22 nitrogen and oxygen atoms in total. The lowest BCUT2D eigenvalue weighted by molar-refractivity contribution is -0.261. The standard InChI is InChI=1S/C56H89FN8O14/c1-15-45-56(10,70)51(68)37(7)47(60-75-31-74-25-24-71-12)33(3)28-55(9,73-14)52(35(5)46(36(6)53(69)78-45)44-26-32(2)48(66)38(8)77-44)79-54-49(67)42(27-34(4)76-54)63(11)22-20-40-30-65(62-59-40)43(29-57)50(72-13)39-16-18-41(19-17-39)64-23-21-58-61-64/h16-19,21,23,30,32-38,42-46,48,50-52,54,66,68,70H,15,20,22,24-29,31H2,1-14H3/b60-47+/t32-,33+,34+,35-,36+,37-,38-,42-,43+,44?,45+,46-,48+,50+,51+,52+,54-,55+,56+/m0/s1. The number of Topliss-reactive ketones (excluding diaryl/α,β-unsaturated/α-hetero) is 1. The van der Waals surface area contributed by atoms with E-state index in [4.69, 9.17) is 42.7 Å². The number of rotatable bonds is 21. The largest absolute Gasteiger partial charge is 0.459 e. The number of esters is 1. The molecule has 0 bridgehead atoms. The number of oxime groups is 1. The first-order valence-corrected chi connectivity index (χ1v) is 27.8. The number of hydrogen-bond acceptors (Lipinski definition) is 20. The van der Waals surface area contributed by atoms with Gasteiger partial charge >= 0.3 is 5.97 Å². The van der Waals surface area contributed by atoms with E-state index in [1.165, 1.54) is 18.7 Å². The van der Waals surface area contributed by atoms with Gasteiger partial charge in [-0.25, -0.2) is 13.8 Å². The van der Waals surface area contributed by atoms with Gasteiger partial charge < -0.3 is 58.1 Å². The molecule has 0 spiro atoms. The van der Waals surface area contributed by atoms with Gasteiger partial charge in [-0.05, 0) is 90.0 Å². The summed E-state index contributed by atoms with van der Waals surface area (Å²) >= 11 is 0. The van der Waals surface area contributed by atoms with Gasteiger partial charge in [-0.3, -0.25) is 14.5 Å². The van der Waals surface area contributed by atoms with Gasteiger partial charge in [0.2, 0.25) is 18.9 Å². The summed E-state index contributed by atoms with van der Waals surface area (Å²) in [6, 6.07) is 5.92. The minimum Gasteiger partial charge on any atom is -0.459 e. The van der Waals surface area contributed by atoms with Gasteiger partial charge in [0.15, 0.2) is 0 Å². The maximum absolute atomic E-state index is 15.0. The Bertz CT molecular complexity index is 2370. The van der Waals surface area contributed by atoms with Crippen LogP contribution in [0.5, 0.6) is 0 Å². The summed E-state index contributed by atoms with van der Waals surface area (Å²) in [7, 11) is 6.48. The zero-order valence-corrected chi connectivity index (χ0v) is 48.7. The van der Waals surface area contributed by atoms with Crippen LogP contribution in [0.25, 0.3) is 5.69 Å². The van der Waals surface area contributed by atoms with E-state index >= 15 is 4.79 Å².